The second-order valence-electron chi connectivity index (χ2n) is 4.18. The maximum absolute atomic E-state index is 5.81. The topological polar surface area (TPSA) is 64.9 Å². The molecule has 1 heterocycles. The van der Waals surface area contributed by atoms with Gasteiger partial charge < -0.3 is 10.3 Å². The molecule has 0 unspecified atom stereocenters. The van der Waals surface area contributed by atoms with E-state index in [2.05, 4.69) is 42.0 Å². The lowest BCUT2D eigenvalue weighted by Gasteiger charge is -1.99. The number of rotatable bonds is 2. The average molecular weight is 395 g/mol. The molecule has 6 heteroatoms. The monoisotopic (exact) mass is 393 g/mol. The smallest absolute Gasteiger partial charge is 0.258 e. The summed E-state index contributed by atoms with van der Waals surface area (Å²) in [5.74, 6) is 0.967. The van der Waals surface area contributed by atoms with Gasteiger partial charge in [0, 0.05) is 25.8 Å². The summed E-state index contributed by atoms with van der Waals surface area (Å²) in [6.07, 6.45) is 0. The van der Waals surface area contributed by atoms with Crippen molar-refractivity contribution in [2.45, 2.75) is 0 Å². The third-order valence-electron chi connectivity index (χ3n) is 2.71. The van der Waals surface area contributed by atoms with Crippen LogP contribution in [0, 0.1) is 0 Å². The highest BCUT2D eigenvalue weighted by Crippen LogP contribution is 2.29. The predicted octanol–water partition coefficient (Wildman–Crippen LogP) is 4.51. The first kappa shape index (κ1) is 13.3. The molecule has 0 saturated carbocycles. The molecule has 0 radical (unpaired) electrons. The first-order valence-corrected chi connectivity index (χ1v) is 7.37. The van der Waals surface area contributed by atoms with E-state index in [1.165, 1.54) is 0 Å². The Morgan fingerprint density at radius 2 is 1.85 bits per heavy atom. The van der Waals surface area contributed by atoms with Crippen molar-refractivity contribution in [1.82, 2.24) is 10.1 Å². The molecule has 3 aromatic rings. The third-order valence-corrected chi connectivity index (χ3v) is 3.86. The zero-order chi connectivity index (χ0) is 14.1. The minimum atomic E-state index is 0.434. The highest BCUT2D eigenvalue weighted by Gasteiger charge is 2.13. The number of nitrogen functional groups attached to an aromatic ring is 1. The molecule has 4 nitrogen and oxygen atoms in total. The van der Waals surface area contributed by atoms with Gasteiger partial charge in [0.15, 0.2) is 0 Å². The molecule has 0 aliphatic rings. The lowest BCUT2D eigenvalue weighted by Crippen LogP contribution is -1.87. The van der Waals surface area contributed by atoms with Crippen LogP contribution in [0.3, 0.4) is 0 Å². The van der Waals surface area contributed by atoms with Crippen LogP contribution in [0.25, 0.3) is 22.8 Å². The molecule has 0 atom stereocenters. The average Bonchev–Trinajstić information content (AvgIpc) is 2.87. The molecular formula is C14H9Br2N3O. The van der Waals surface area contributed by atoms with Crippen molar-refractivity contribution in [3.05, 3.63) is 51.4 Å². The highest BCUT2D eigenvalue weighted by atomic mass is 79.9. The largest absolute Gasteiger partial charge is 0.399 e. The van der Waals surface area contributed by atoms with Crippen LogP contribution in [0.2, 0.25) is 0 Å². The number of nitrogens with zero attached hydrogens (tertiary/aromatic N) is 2. The molecule has 0 aliphatic heterocycles. The fraction of sp³-hybridized carbons (Fsp3) is 0. The zero-order valence-corrected chi connectivity index (χ0v) is 13.3. The summed E-state index contributed by atoms with van der Waals surface area (Å²) in [6.45, 7) is 0. The van der Waals surface area contributed by atoms with E-state index in [1.54, 1.807) is 6.07 Å². The van der Waals surface area contributed by atoms with Gasteiger partial charge in [-0.25, -0.2) is 0 Å². The fourth-order valence-corrected chi connectivity index (χ4v) is 2.80. The second kappa shape index (κ2) is 5.38. The van der Waals surface area contributed by atoms with Crippen LogP contribution < -0.4 is 5.73 Å². The summed E-state index contributed by atoms with van der Waals surface area (Å²) >= 11 is 6.87. The molecular weight excluding hydrogens is 386 g/mol. The Labute approximate surface area is 132 Å². The van der Waals surface area contributed by atoms with Gasteiger partial charge in [-0.05, 0) is 30.3 Å². The first-order chi connectivity index (χ1) is 9.63. The van der Waals surface area contributed by atoms with E-state index in [0.29, 0.717) is 17.4 Å². The van der Waals surface area contributed by atoms with Gasteiger partial charge in [0.2, 0.25) is 5.82 Å². The van der Waals surface area contributed by atoms with E-state index in [0.717, 1.165) is 20.1 Å². The quantitative estimate of drug-likeness (QED) is 0.649. The van der Waals surface area contributed by atoms with Crippen LogP contribution >= 0.6 is 31.9 Å². The maximum Gasteiger partial charge on any atom is 0.258 e. The van der Waals surface area contributed by atoms with Gasteiger partial charge in [0.1, 0.15) is 0 Å². The predicted molar refractivity (Wildman–Crippen MR) is 85.0 cm³/mol. The summed E-state index contributed by atoms with van der Waals surface area (Å²) in [5, 5.41) is 4.01. The van der Waals surface area contributed by atoms with E-state index in [-0.39, 0.29) is 0 Å². The number of hydrogen-bond donors (Lipinski definition) is 1. The van der Waals surface area contributed by atoms with E-state index in [4.69, 9.17) is 10.3 Å². The third kappa shape index (κ3) is 2.62. The SMILES string of the molecule is Nc1cc(Br)cc(-c2nc(-c3ccccc3Br)no2)c1. The maximum atomic E-state index is 5.81. The second-order valence-corrected chi connectivity index (χ2v) is 5.95. The van der Waals surface area contributed by atoms with E-state index in [9.17, 15) is 0 Å². The van der Waals surface area contributed by atoms with E-state index < -0.39 is 0 Å². The Hall–Kier alpha value is -1.66. The summed E-state index contributed by atoms with van der Waals surface area (Å²) in [6, 6.07) is 13.2. The summed E-state index contributed by atoms with van der Waals surface area (Å²) in [5.41, 5.74) is 8.11. The Morgan fingerprint density at radius 3 is 2.60 bits per heavy atom. The molecule has 100 valence electrons. The Morgan fingerprint density at radius 1 is 1.05 bits per heavy atom. The van der Waals surface area contributed by atoms with Gasteiger partial charge in [-0.2, -0.15) is 4.98 Å². The minimum Gasteiger partial charge on any atom is -0.399 e. The van der Waals surface area contributed by atoms with Gasteiger partial charge in [0.05, 0.1) is 0 Å². The number of halogens is 2. The van der Waals surface area contributed by atoms with Crippen molar-refractivity contribution >= 4 is 37.5 Å². The standard InChI is InChI=1S/C14H9Br2N3O/c15-9-5-8(6-10(17)7-9)14-18-13(19-20-14)11-3-1-2-4-12(11)16/h1-7H,17H2. The molecule has 0 saturated heterocycles. The lowest BCUT2D eigenvalue weighted by molar-refractivity contribution is 0.432. The fourth-order valence-electron chi connectivity index (χ4n) is 1.83. The van der Waals surface area contributed by atoms with Gasteiger partial charge in [-0.1, -0.05) is 49.1 Å². The van der Waals surface area contributed by atoms with Crippen LogP contribution in [0.5, 0.6) is 0 Å². The number of nitrogens with two attached hydrogens (primary N) is 1. The first-order valence-electron chi connectivity index (χ1n) is 5.78. The van der Waals surface area contributed by atoms with Crippen molar-refractivity contribution in [1.29, 1.82) is 0 Å². The summed E-state index contributed by atoms with van der Waals surface area (Å²) < 4.78 is 7.10. The zero-order valence-electron chi connectivity index (χ0n) is 10.2. The summed E-state index contributed by atoms with van der Waals surface area (Å²) in [4.78, 5) is 4.41. The van der Waals surface area contributed by atoms with Gasteiger partial charge in [-0.3, -0.25) is 0 Å². The van der Waals surface area contributed by atoms with Crippen LogP contribution in [0.4, 0.5) is 5.69 Å². The van der Waals surface area contributed by atoms with Crippen LogP contribution in [-0.4, -0.2) is 10.1 Å². The Balaban J connectivity index is 2.04. The summed E-state index contributed by atoms with van der Waals surface area (Å²) in [7, 11) is 0. The molecule has 2 aromatic carbocycles. The normalized spacial score (nSPS) is 10.7. The van der Waals surface area contributed by atoms with E-state index in [1.807, 2.05) is 36.4 Å². The Kier molecular flexibility index (Phi) is 3.58. The molecule has 2 N–H and O–H groups in total. The van der Waals surface area contributed by atoms with E-state index >= 15 is 0 Å². The molecule has 20 heavy (non-hydrogen) atoms. The van der Waals surface area contributed by atoms with Crippen LogP contribution in [0.1, 0.15) is 0 Å². The lowest BCUT2D eigenvalue weighted by atomic mass is 10.2. The van der Waals surface area contributed by atoms with Crippen molar-refractivity contribution in [3.63, 3.8) is 0 Å². The van der Waals surface area contributed by atoms with Crippen molar-refractivity contribution in [2.75, 3.05) is 5.73 Å². The number of anilines is 1. The van der Waals surface area contributed by atoms with Crippen molar-refractivity contribution in [3.8, 4) is 22.8 Å². The molecule has 0 bridgehead atoms. The van der Waals surface area contributed by atoms with Gasteiger partial charge in [0.25, 0.3) is 5.89 Å². The molecule has 0 spiro atoms. The number of benzene rings is 2. The molecule has 1 aromatic heterocycles. The Bertz CT molecular complexity index is 750. The van der Waals surface area contributed by atoms with Crippen molar-refractivity contribution in [2.24, 2.45) is 0 Å². The van der Waals surface area contributed by atoms with Crippen molar-refractivity contribution < 1.29 is 4.52 Å². The molecule has 3 rings (SSSR count). The van der Waals surface area contributed by atoms with Gasteiger partial charge in [-0.15, -0.1) is 0 Å². The minimum absolute atomic E-state index is 0.434. The number of hydrogen-bond acceptors (Lipinski definition) is 4. The van der Waals surface area contributed by atoms with Crippen LogP contribution in [-0.2, 0) is 0 Å². The number of aromatic nitrogens is 2. The van der Waals surface area contributed by atoms with Crippen LogP contribution in [0.15, 0.2) is 55.9 Å². The highest BCUT2D eigenvalue weighted by molar-refractivity contribution is 9.10. The molecule has 0 fully saturated rings. The molecule has 0 amide bonds. The molecule has 0 aliphatic carbocycles. The van der Waals surface area contributed by atoms with Gasteiger partial charge >= 0.3 is 0 Å².